The second kappa shape index (κ2) is 2.87. The lowest BCUT2D eigenvalue weighted by molar-refractivity contribution is -0.0117. The molecule has 1 atom stereocenters. The van der Waals surface area contributed by atoms with Gasteiger partial charge in [-0.3, -0.25) is 0 Å². The first kappa shape index (κ1) is 11.2. The molecule has 15 heavy (non-hydrogen) atoms. The van der Waals surface area contributed by atoms with E-state index in [0.29, 0.717) is 19.5 Å². The van der Waals surface area contributed by atoms with E-state index in [1.165, 1.54) is 0 Å². The number of rotatable bonds is 0. The van der Waals surface area contributed by atoms with Crippen molar-refractivity contribution in [2.75, 3.05) is 13.1 Å². The lowest BCUT2D eigenvalue weighted by atomic mass is 9.97. The number of hydrogen-bond acceptors (Lipinski definition) is 2. The van der Waals surface area contributed by atoms with Gasteiger partial charge in [0.1, 0.15) is 5.60 Å². The van der Waals surface area contributed by atoms with Gasteiger partial charge in [-0.15, -0.1) is 0 Å². The topological polar surface area (TPSA) is 29.5 Å². The van der Waals surface area contributed by atoms with Crippen molar-refractivity contribution in [1.82, 2.24) is 4.90 Å². The number of halogens is 2. The molecular formula is C10H15BrFNO2. The summed E-state index contributed by atoms with van der Waals surface area (Å²) in [5.74, 6) is 0. The SMILES string of the molecule is CC(C)(C)OC(=O)N1CC2(C1)CC2(F)Br. The molecule has 5 heteroatoms. The number of carbonyl (C=O) groups is 1. The average Bonchev–Trinajstić information content (AvgIpc) is 2.46. The predicted octanol–water partition coefficient (Wildman–Crippen LogP) is 2.69. The number of alkyl halides is 2. The van der Waals surface area contributed by atoms with E-state index >= 15 is 0 Å². The number of amides is 1. The van der Waals surface area contributed by atoms with Crippen molar-refractivity contribution < 1.29 is 13.9 Å². The molecule has 1 unspecified atom stereocenters. The summed E-state index contributed by atoms with van der Waals surface area (Å²) < 4.78 is 17.3. The van der Waals surface area contributed by atoms with Crippen molar-refractivity contribution in [3.63, 3.8) is 0 Å². The average molecular weight is 280 g/mol. The molecule has 86 valence electrons. The van der Waals surface area contributed by atoms with E-state index in [4.69, 9.17) is 4.74 Å². The van der Waals surface area contributed by atoms with Crippen molar-refractivity contribution in [1.29, 1.82) is 0 Å². The van der Waals surface area contributed by atoms with E-state index in [9.17, 15) is 9.18 Å². The van der Waals surface area contributed by atoms with E-state index < -0.39 is 10.2 Å². The van der Waals surface area contributed by atoms with E-state index in [-0.39, 0.29) is 11.5 Å². The van der Waals surface area contributed by atoms with Gasteiger partial charge in [-0.2, -0.15) is 0 Å². The smallest absolute Gasteiger partial charge is 0.410 e. The fourth-order valence-corrected chi connectivity index (χ4v) is 2.65. The fraction of sp³-hybridized carbons (Fsp3) is 0.900. The van der Waals surface area contributed by atoms with Crippen LogP contribution >= 0.6 is 15.9 Å². The van der Waals surface area contributed by atoms with Gasteiger partial charge in [0.15, 0.2) is 4.58 Å². The lowest BCUT2D eigenvalue weighted by Gasteiger charge is -2.40. The monoisotopic (exact) mass is 279 g/mol. The number of likely N-dealkylation sites (tertiary alicyclic amines) is 1. The Morgan fingerprint density at radius 1 is 1.47 bits per heavy atom. The molecule has 0 aromatic carbocycles. The molecule has 0 aromatic rings. The maximum absolute atomic E-state index is 13.4. The van der Waals surface area contributed by atoms with Crippen LogP contribution in [0.25, 0.3) is 0 Å². The highest BCUT2D eigenvalue weighted by atomic mass is 79.9. The summed E-state index contributed by atoms with van der Waals surface area (Å²) in [6.45, 7) is 6.39. The molecule has 1 saturated carbocycles. The second-order valence-corrected chi connectivity index (χ2v) is 6.75. The third-order valence-corrected chi connectivity index (χ3v) is 3.97. The normalized spacial score (nSPS) is 32.5. The van der Waals surface area contributed by atoms with E-state index in [1.54, 1.807) is 4.90 Å². The Morgan fingerprint density at radius 3 is 2.27 bits per heavy atom. The zero-order chi connectivity index (χ0) is 11.5. The molecule has 2 rings (SSSR count). The second-order valence-electron chi connectivity index (χ2n) is 5.50. The summed E-state index contributed by atoms with van der Waals surface area (Å²) in [5, 5.41) is 0. The van der Waals surface area contributed by atoms with Crippen LogP contribution < -0.4 is 0 Å². The van der Waals surface area contributed by atoms with Crippen LogP contribution in [0.2, 0.25) is 0 Å². The van der Waals surface area contributed by atoms with Crippen molar-refractivity contribution in [2.45, 2.75) is 37.4 Å². The molecule has 2 fully saturated rings. The number of hydrogen-bond donors (Lipinski definition) is 0. The third kappa shape index (κ3) is 1.86. The highest BCUT2D eigenvalue weighted by Crippen LogP contribution is 2.67. The molecule has 2 aliphatic rings. The summed E-state index contributed by atoms with van der Waals surface area (Å²) in [6.07, 6.45) is 0.155. The van der Waals surface area contributed by atoms with Crippen molar-refractivity contribution >= 4 is 22.0 Å². The number of nitrogens with zero attached hydrogens (tertiary/aromatic N) is 1. The summed E-state index contributed by atoms with van der Waals surface area (Å²) in [7, 11) is 0. The molecule has 1 aliphatic heterocycles. The quantitative estimate of drug-likeness (QED) is 0.638. The Kier molecular flexibility index (Phi) is 2.14. The van der Waals surface area contributed by atoms with Gasteiger partial charge in [-0.1, -0.05) is 0 Å². The van der Waals surface area contributed by atoms with Gasteiger partial charge in [0.2, 0.25) is 0 Å². The molecule has 0 aromatic heterocycles. The van der Waals surface area contributed by atoms with Crippen LogP contribution in [-0.2, 0) is 4.74 Å². The molecule has 0 N–H and O–H groups in total. The summed E-state index contributed by atoms with van der Waals surface area (Å²) in [5.41, 5.74) is -0.811. The van der Waals surface area contributed by atoms with Gasteiger partial charge >= 0.3 is 6.09 Å². The summed E-state index contributed by atoms with van der Waals surface area (Å²) >= 11 is 3.01. The molecule has 0 radical (unpaired) electrons. The molecule has 1 amide bonds. The lowest BCUT2D eigenvalue weighted by Crippen LogP contribution is -2.55. The maximum Gasteiger partial charge on any atom is 0.410 e. The van der Waals surface area contributed by atoms with Gasteiger partial charge in [-0.05, 0) is 36.7 Å². The maximum atomic E-state index is 13.4. The van der Waals surface area contributed by atoms with Crippen LogP contribution in [0.5, 0.6) is 0 Å². The first-order valence-corrected chi connectivity index (χ1v) is 5.80. The minimum absolute atomic E-state index is 0.329. The Balaban J connectivity index is 1.83. The summed E-state index contributed by atoms with van der Waals surface area (Å²) in [6, 6.07) is 0. The van der Waals surface area contributed by atoms with Crippen LogP contribution in [0.3, 0.4) is 0 Å². The van der Waals surface area contributed by atoms with Gasteiger partial charge in [0, 0.05) is 19.5 Å². The Labute approximate surface area is 97.1 Å². The van der Waals surface area contributed by atoms with Crippen LogP contribution in [0, 0.1) is 5.41 Å². The zero-order valence-electron chi connectivity index (χ0n) is 9.14. The number of carbonyl (C=O) groups excluding carboxylic acids is 1. The van der Waals surface area contributed by atoms with Gasteiger partial charge < -0.3 is 9.64 Å². The highest BCUT2D eigenvalue weighted by Gasteiger charge is 2.74. The molecule has 3 nitrogen and oxygen atoms in total. The first-order valence-electron chi connectivity index (χ1n) is 5.01. The third-order valence-electron chi connectivity index (χ3n) is 2.85. The zero-order valence-corrected chi connectivity index (χ0v) is 10.7. The largest absolute Gasteiger partial charge is 0.444 e. The predicted molar refractivity (Wildman–Crippen MR) is 57.6 cm³/mol. The minimum atomic E-state index is -1.25. The van der Waals surface area contributed by atoms with Crippen LogP contribution in [0.4, 0.5) is 9.18 Å². The number of ether oxygens (including phenoxy) is 1. The standard InChI is InChI=1S/C10H15BrFNO2/c1-8(2,3)15-7(14)13-5-9(6-13)4-10(9,11)12/h4-6H2,1-3H3. The molecule has 1 heterocycles. The van der Waals surface area contributed by atoms with Gasteiger partial charge in [0.05, 0.1) is 5.41 Å². The van der Waals surface area contributed by atoms with Crippen molar-refractivity contribution in [3.8, 4) is 0 Å². The van der Waals surface area contributed by atoms with E-state index in [1.807, 2.05) is 20.8 Å². The van der Waals surface area contributed by atoms with Crippen LogP contribution in [0.1, 0.15) is 27.2 Å². The molecule has 1 spiro atoms. The Morgan fingerprint density at radius 2 is 1.93 bits per heavy atom. The minimum Gasteiger partial charge on any atom is -0.444 e. The Hall–Kier alpha value is -0.320. The van der Waals surface area contributed by atoms with Crippen molar-refractivity contribution in [3.05, 3.63) is 0 Å². The molecule has 1 aliphatic carbocycles. The first-order chi connectivity index (χ1) is 6.65. The highest BCUT2D eigenvalue weighted by molar-refractivity contribution is 9.10. The molecule has 1 saturated heterocycles. The molecule has 0 bridgehead atoms. The summed E-state index contributed by atoms with van der Waals surface area (Å²) in [4.78, 5) is 13.1. The van der Waals surface area contributed by atoms with Crippen molar-refractivity contribution in [2.24, 2.45) is 5.41 Å². The van der Waals surface area contributed by atoms with E-state index in [2.05, 4.69) is 15.9 Å². The van der Waals surface area contributed by atoms with Gasteiger partial charge in [0.25, 0.3) is 0 Å². The van der Waals surface area contributed by atoms with E-state index in [0.717, 1.165) is 0 Å². The van der Waals surface area contributed by atoms with Crippen LogP contribution in [-0.4, -0.2) is 34.3 Å². The van der Waals surface area contributed by atoms with Gasteiger partial charge in [-0.25, -0.2) is 9.18 Å². The fourth-order valence-electron chi connectivity index (χ4n) is 1.86. The van der Waals surface area contributed by atoms with Crippen LogP contribution in [0.15, 0.2) is 0 Å². The molecular weight excluding hydrogens is 265 g/mol. The Bertz CT molecular complexity index is 305.